The van der Waals surface area contributed by atoms with Crippen LogP contribution < -0.4 is 5.73 Å². The van der Waals surface area contributed by atoms with E-state index in [4.69, 9.17) is 11.0 Å². The van der Waals surface area contributed by atoms with Crippen molar-refractivity contribution in [3.05, 3.63) is 26.8 Å². The number of nitrogens with two attached hydrogens (primary N) is 1. The molecule has 1 aromatic carbocycles. The number of benzene rings is 1. The van der Waals surface area contributed by atoms with Gasteiger partial charge in [0, 0.05) is 9.26 Å². The second kappa shape index (κ2) is 3.75. The van der Waals surface area contributed by atoms with Crippen LogP contribution in [0.4, 0.5) is 5.69 Å². The summed E-state index contributed by atoms with van der Waals surface area (Å²) in [6.45, 7) is 1.43. The predicted molar refractivity (Wildman–Crippen MR) is 58.3 cm³/mol. The van der Waals surface area contributed by atoms with E-state index in [2.05, 4.69) is 0 Å². The van der Waals surface area contributed by atoms with Gasteiger partial charge in [-0.3, -0.25) is 4.79 Å². The lowest BCUT2D eigenvalue weighted by Crippen LogP contribution is -2.03. The van der Waals surface area contributed by atoms with E-state index in [1.807, 2.05) is 28.7 Å². The third-order valence-corrected chi connectivity index (χ3v) is 2.81. The van der Waals surface area contributed by atoms with E-state index in [1.54, 1.807) is 12.1 Å². The number of hydrogen-bond acceptors (Lipinski definition) is 3. The Hall–Kier alpha value is -1.09. The number of nitriles is 1. The largest absolute Gasteiger partial charge is 0.398 e. The van der Waals surface area contributed by atoms with Gasteiger partial charge in [0.25, 0.3) is 0 Å². The lowest BCUT2D eigenvalue weighted by Gasteiger charge is -2.05. The van der Waals surface area contributed by atoms with Crippen molar-refractivity contribution < 1.29 is 4.79 Å². The molecule has 0 amide bonds. The normalized spacial score (nSPS) is 9.31. The summed E-state index contributed by atoms with van der Waals surface area (Å²) in [4.78, 5) is 11.2. The van der Waals surface area contributed by atoms with Crippen LogP contribution in [0.25, 0.3) is 0 Å². The monoisotopic (exact) mass is 286 g/mol. The van der Waals surface area contributed by atoms with Crippen molar-refractivity contribution in [2.24, 2.45) is 0 Å². The molecule has 0 heterocycles. The van der Waals surface area contributed by atoms with Crippen LogP contribution in [-0.4, -0.2) is 5.78 Å². The molecule has 0 aliphatic carbocycles. The smallest absolute Gasteiger partial charge is 0.162 e. The molecule has 0 radical (unpaired) electrons. The van der Waals surface area contributed by atoms with Crippen LogP contribution in [0.2, 0.25) is 0 Å². The van der Waals surface area contributed by atoms with Gasteiger partial charge in [0.2, 0.25) is 0 Å². The first-order valence-electron chi connectivity index (χ1n) is 3.57. The zero-order valence-corrected chi connectivity index (χ0v) is 9.12. The summed E-state index contributed by atoms with van der Waals surface area (Å²) in [5.41, 5.74) is 6.95. The number of halogens is 1. The second-order valence-electron chi connectivity index (χ2n) is 2.56. The molecule has 66 valence electrons. The summed E-state index contributed by atoms with van der Waals surface area (Å²) in [7, 11) is 0. The van der Waals surface area contributed by atoms with Gasteiger partial charge < -0.3 is 5.73 Å². The topological polar surface area (TPSA) is 66.9 Å². The molecule has 0 fully saturated rings. The molecule has 0 saturated carbocycles. The number of Topliss-reactive ketones (excluding diaryl/α,β-unsaturated/α-hetero) is 1. The van der Waals surface area contributed by atoms with Crippen molar-refractivity contribution >= 4 is 34.1 Å². The Bertz CT molecular complexity index is 407. The summed E-state index contributed by atoms with van der Waals surface area (Å²) in [5.74, 6) is -0.131. The number of anilines is 1. The number of hydrogen-bond donors (Lipinski definition) is 1. The number of carbonyl (C=O) groups excluding carboxylic acids is 1. The van der Waals surface area contributed by atoms with E-state index in [-0.39, 0.29) is 5.78 Å². The van der Waals surface area contributed by atoms with Crippen molar-refractivity contribution in [1.29, 1.82) is 5.26 Å². The molecular formula is C9H7IN2O. The number of nitrogens with zero attached hydrogens (tertiary/aromatic N) is 1. The van der Waals surface area contributed by atoms with Gasteiger partial charge >= 0.3 is 0 Å². The number of carbonyl (C=O) groups is 1. The van der Waals surface area contributed by atoms with Crippen LogP contribution in [0.5, 0.6) is 0 Å². The SMILES string of the molecule is CC(=O)c1c(C#N)ccc(N)c1I. The Balaban J connectivity index is 3.53. The highest BCUT2D eigenvalue weighted by atomic mass is 127. The van der Waals surface area contributed by atoms with Crippen LogP contribution in [0.1, 0.15) is 22.8 Å². The third-order valence-electron chi connectivity index (χ3n) is 1.64. The van der Waals surface area contributed by atoms with Crippen molar-refractivity contribution in [3.63, 3.8) is 0 Å². The molecule has 0 unspecified atom stereocenters. The number of nitrogen functional groups attached to an aromatic ring is 1. The number of ketones is 1. The fourth-order valence-corrected chi connectivity index (χ4v) is 1.88. The Labute approximate surface area is 89.7 Å². The molecule has 0 spiro atoms. The number of rotatable bonds is 1. The Morgan fingerprint density at radius 2 is 2.23 bits per heavy atom. The van der Waals surface area contributed by atoms with Gasteiger partial charge in [-0.1, -0.05) is 0 Å². The van der Waals surface area contributed by atoms with E-state index in [0.717, 1.165) is 0 Å². The predicted octanol–water partition coefficient (Wildman–Crippen LogP) is 1.95. The van der Waals surface area contributed by atoms with Gasteiger partial charge in [0.1, 0.15) is 0 Å². The summed E-state index contributed by atoms with van der Waals surface area (Å²) in [5, 5.41) is 8.74. The Kier molecular flexibility index (Phi) is 2.88. The lowest BCUT2D eigenvalue weighted by molar-refractivity contribution is 0.101. The summed E-state index contributed by atoms with van der Waals surface area (Å²) in [6.07, 6.45) is 0. The minimum absolute atomic E-state index is 0.131. The minimum atomic E-state index is -0.131. The first-order chi connectivity index (χ1) is 6.07. The highest BCUT2D eigenvalue weighted by molar-refractivity contribution is 14.1. The van der Waals surface area contributed by atoms with Crippen molar-refractivity contribution in [3.8, 4) is 6.07 Å². The highest BCUT2D eigenvalue weighted by Gasteiger charge is 2.13. The van der Waals surface area contributed by atoms with E-state index < -0.39 is 0 Å². The Morgan fingerprint density at radius 1 is 1.62 bits per heavy atom. The summed E-state index contributed by atoms with van der Waals surface area (Å²) < 4.78 is 0.657. The molecule has 1 rings (SSSR count). The summed E-state index contributed by atoms with van der Waals surface area (Å²) in [6, 6.07) is 5.16. The van der Waals surface area contributed by atoms with Gasteiger partial charge in [-0.25, -0.2) is 0 Å². The molecule has 0 atom stereocenters. The van der Waals surface area contributed by atoms with Gasteiger partial charge in [0.15, 0.2) is 5.78 Å². The maximum absolute atomic E-state index is 11.2. The average Bonchev–Trinajstić information content (AvgIpc) is 2.08. The quantitative estimate of drug-likeness (QED) is 0.487. The van der Waals surface area contributed by atoms with Gasteiger partial charge in [-0.05, 0) is 41.6 Å². The molecule has 0 aromatic heterocycles. The van der Waals surface area contributed by atoms with Crippen molar-refractivity contribution in [2.45, 2.75) is 6.92 Å². The molecule has 3 nitrogen and oxygen atoms in total. The van der Waals surface area contributed by atoms with E-state index >= 15 is 0 Å². The molecule has 13 heavy (non-hydrogen) atoms. The van der Waals surface area contributed by atoms with Crippen LogP contribution in [0, 0.1) is 14.9 Å². The standard InChI is InChI=1S/C9H7IN2O/c1-5(13)8-6(4-11)2-3-7(12)9(8)10/h2-3H,12H2,1H3. The lowest BCUT2D eigenvalue weighted by atomic mass is 10.0. The van der Waals surface area contributed by atoms with Crippen molar-refractivity contribution in [1.82, 2.24) is 0 Å². The van der Waals surface area contributed by atoms with Crippen molar-refractivity contribution in [2.75, 3.05) is 5.73 Å². The van der Waals surface area contributed by atoms with Gasteiger partial charge in [-0.2, -0.15) is 5.26 Å². The average molecular weight is 286 g/mol. The first kappa shape index (κ1) is 9.99. The van der Waals surface area contributed by atoms with Gasteiger partial charge in [-0.15, -0.1) is 0 Å². The van der Waals surface area contributed by atoms with Crippen LogP contribution in [-0.2, 0) is 0 Å². The zero-order chi connectivity index (χ0) is 10.0. The molecule has 0 aliphatic heterocycles. The molecular weight excluding hydrogens is 279 g/mol. The zero-order valence-electron chi connectivity index (χ0n) is 6.97. The van der Waals surface area contributed by atoms with Crippen LogP contribution in [0.15, 0.2) is 12.1 Å². The molecule has 0 bridgehead atoms. The van der Waals surface area contributed by atoms with Crippen LogP contribution >= 0.6 is 22.6 Å². The highest BCUT2D eigenvalue weighted by Crippen LogP contribution is 2.23. The fraction of sp³-hybridized carbons (Fsp3) is 0.111. The van der Waals surface area contributed by atoms with Gasteiger partial charge in [0.05, 0.1) is 17.2 Å². The summed E-state index contributed by atoms with van der Waals surface area (Å²) >= 11 is 1.97. The second-order valence-corrected chi connectivity index (χ2v) is 3.64. The molecule has 1 aromatic rings. The first-order valence-corrected chi connectivity index (χ1v) is 4.64. The molecule has 0 saturated heterocycles. The molecule has 2 N–H and O–H groups in total. The van der Waals surface area contributed by atoms with E-state index in [9.17, 15) is 4.79 Å². The molecule has 0 aliphatic rings. The third kappa shape index (κ3) is 1.80. The Morgan fingerprint density at radius 3 is 2.69 bits per heavy atom. The molecule has 4 heteroatoms. The minimum Gasteiger partial charge on any atom is -0.398 e. The maximum atomic E-state index is 11.2. The van der Waals surface area contributed by atoms with Crippen LogP contribution in [0.3, 0.4) is 0 Å². The van der Waals surface area contributed by atoms with E-state index in [0.29, 0.717) is 20.4 Å². The van der Waals surface area contributed by atoms with E-state index in [1.165, 1.54) is 6.92 Å². The maximum Gasteiger partial charge on any atom is 0.162 e. The fourth-order valence-electron chi connectivity index (χ4n) is 1.03.